The van der Waals surface area contributed by atoms with E-state index >= 15 is 0 Å². The third kappa shape index (κ3) is 3.70. The van der Waals surface area contributed by atoms with Crippen molar-refractivity contribution in [3.05, 3.63) is 73.8 Å². The Kier molecular flexibility index (Phi) is 6.04. The van der Waals surface area contributed by atoms with E-state index in [2.05, 4.69) is 9.68 Å². The number of rotatable bonds is 10. The Morgan fingerprint density at radius 2 is 1.00 bits per heavy atom. The average molecular weight is 450 g/mol. The fourth-order valence-electron chi connectivity index (χ4n) is 3.72. The van der Waals surface area contributed by atoms with Crippen LogP contribution in [0.1, 0.15) is 38.8 Å². The van der Waals surface area contributed by atoms with Crippen LogP contribution in [0.5, 0.6) is 0 Å². The molecule has 0 saturated carbocycles. The van der Waals surface area contributed by atoms with E-state index in [1.54, 1.807) is 13.8 Å². The number of hydrogen-bond donors (Lipinski definition) is 0. The second-order valence-corrected chi connectivity index (χ2v) is 7.07. The standard InChI is InChI=1S/C18H18N4O10/c1-3-9(7-31-21(27)28)19-15(23)11-5-13-14(6-12(11)16(19)24)18(26)20(17(13)25)10(4-2)8-32-22(29)30/h5-6,9-10H,3-4,7-8H2,1-2H3. The molecule has 0 bridgehead atoms. The Labute approximate surface area is 177 Å². The Balaban J connectivity index is 2.20. The predicted octanol–water partition coefficient (Wildman–Crippen LogP) is 0.231. The van der Waals surface area contributed by atoms with Crippen LogP contribution in [-0.2, 0) is 9.68 Å². The third-order valence-corrected chi connectivity index (χ3v) is 5.37. The van der Waals surface area contributed by atoms with Crippen molar-refractivity contribution in [2.75, 3.05) is 13.2 Å². The first-order chi connectivity index (χ1) is 15.1. The van der Waals surface area contributed by atoms with E-state index in [9.17, 15) is 39.4 Å². The quantitative estimate of drug-likeness (QED) is 0.306. The van der Waals surface area contributed by atoms with E-state index in [1.807, 2.05) is 0 Å². The van der Waals surface area contributed by atoms with E-state index in [-0.39, 0.29) is 34.4 Å². The summed E-state index contributed by atoms with van der Waals surface area (Å²) in [6, 6.07) is 0.421. The van der Waals surface area contributed by atoms with Crippen LogP contribution in [-0.4, -0.2) is 32.5 Å². The van der Waals surface area contributed by atoms with Gasteiger partial charge >= 0.3 is 0 Å². The summed E-state index contributed by atoms with van der Waals surface area (Å²) in [5.74, 6) is 0. The molecule has 3 rings (SSSR count). The lowest BCUT2D eigenvalue weighted by molar-refractivity contribution is -0.758. The molecule has 0 aliphatic rings. The van der Waals surface area contributed by atoms with Crippen LogP contribution in [0.4, 0.5) is 0 Å². The topological polar surface area (TPSA) is 183 Å². The molecule has 0 aliphatic heterocycles. The van der Waals surface area contributed by atoms with Crippen LogP contribution in [0.2, 0.25) is 0 Å². The molecule has 2 heterocycles. The van der Waals surface area contributed by atoms with Crippen molar-refractivity contribution in [1.82, 2.24) is 9.13 Å². The van der Waals surface area contributed by atoms with E-state index in [4.69, 9.17) is 0 Å². The van der Waals surface area contributed by atoms with Gasteiger partial charge in [0, 0.05) is 0 Å². The molecule has 1 aromatic carbocycles. The molecule has 2 aromatic heterocycles. The first-order valence-corrected chi connectivity index (χ1v) is 9.60. The molecule has 2 atom stereocenters. The minimum atomic E-state index is -1.03. The zero-order valence-electron chi connectivity index (χ0n) is 17.0. The Morgan fingerprint density at radius 1 is 0.719 bits per heavy atom. The Bertz CT molecular complexity index is 1230. The number of aromatic nitrogens is 2. The van der Waals surface area contributed by atoms with Crippen LogP contribution >= 0.6 is 0 Å². The highest BCUT2D eigenvalue weighted by molar-refractivity contribution is 5.97. The molecule has 2 unspecified atom stereocenters. The van der Waals surface area contributed by atoms with Gasteiger partial charge in [0.25, 0.3) is 32.4 Å². The summed E-state index contributed by atoms with van der Waals surface area (Å²) in [4.78, 5) is 81.1. The Morgan fingerprint density at radius 3 is 1.22 bits per heavy atom. The maximum Gasteiger partial charge on any atom is 0.294 e. The van der Waals surface area contributed by atoms with Gasteiger partial charge in [0.1, 0.15) is 13.2 Å². The molecule has 0 saturated heterocycles. The van der Waals surface area contributed by atoms with Gasteiger partial charge in [0.2, 0.25) is 0 Å². The number of fused-ring (bicyclic) bond motifs is 2. The highest BCUT2D eigenvalue weighted by Gasteiger charge is 2.25. The van der Waals surface area contributed by atoms with Gasteiger partial charge in [-0.1, -0.05) is 13.8 Å². The van der Waals surface area contributed by atoms with Gasteiger partial charge in [-0.05, 0) is 25.0 Å². The SMILES string of the molecule is CCC(CO[N+](=O)[O-])n1c(=O)c2cc3c(=O)n(C(CC)CO[N+](=O)[O-])c(=O)c3cc2c1=O. The molecule has 32 heavy (non-hydrogen) atoms. The van der Waals surface area contributed by atoms with Gasteiger partial charge in [0.05, 0.1) is 33.6 Å². The van der Waals surface area contributed by atoms with E-state index in [0.717, 1.165) is 21.3 Å². The van der Waals surface area contributed by atoms with Crippen molar-refractivity contribution >= 4 is 21.5 Å². The molecular weight excluding hydrogens is 432 g/mol. The smallest absolute Gasteiger partial charge is 0.294 e. The largest absolute Gasteiger partial charge is 0.312 e. The van der Waals surface area contributed by atoms with Crippen LogP contribution in [0.25, 0.3) is 21.5 Å². The number of hydrogen-bond acceptors (Lipinski definition) is 10. The lowest BCUT2D eigenvalue weighted by Crippen LogP contribution is -2.33. The molecule has 14 nitrogen and oxygen atoms in total. The van der Waals surface area contributed by atoms with Gasteiger partial charge < -0.3 is 9.68 Å². The molecule has 0 spiro atoms. The zero-order chi connectivity index (χ0) is 23.7. The number of nitrogens with zero attached hydrogens (tertiary/aromatic N) is 4. The summed E-state index contributed by atoms with van der Waals surface area (Å²) in [6.07, 6.45) is 0.360. The van der Waals surface area contributed by atoms with Gasteiger partial charge in [-0.2, -0.15) is 0 Å². The number of benzene rings is 1. The summed E-state index contributed by atoms with van der Waals surface area (Å²) < 4.78 is 1.63. The molecule has 0 N–H and O–H groups in total. The third-order valence-electron chi connectivity index (χ3n) is 5.37. The highest BCUT2D eigenvalue weighted by atomic mass is 17.0. The van der Waals surface area contributed by atoms with Crippen molar-refractivity contribution in [2.24, 2.45) is 0 Å². The minimum Gasteiger partial charge on any atom is -0.312 e. The van der Waals surface area contributed by atoms with Gasteiger partial charge in [-0.25, -0.2) is 0 Å². The van der Waals surface area contributed by atoms with E-state index < -0.39 is 57.7 Å². The normalized spacial score (nSPS) is 13.3. The van der Waals surface area contributed by atoms with Crippen LogP contribution in [0.15, 0.2) is 31.3 Å². The maximum absolute atomic E-state index is 12.9. The summed E-state index contributed by atoms with van der Waals surface area (Å²) in [7, 11) is 0. The second kappa shape index (κ2) is 8.56. The first kappa shape index (κ1) is 22.6. The molecule has 0 amide bonds. The van der Waals surface area contributed by atoms with Crippen LogP contribution in [0.3, 0.4) is 0 Å². The maximum atomic E-state index is 12.9. The van der Waals surface area contributed by atoms with Crippen molar-refractivity contribution in [2.45, 2.75) is 38.8 Å². The van der Waals surface area contributed by atoms with Crippen molar-refractivity contribution in [3.63, 3.8) is 0 Å². The van der Waals surface area contributed by atoms with Gasteiger partial charge in [0.15, 0.2) is 0 Å². The molecule has 3 aromatic rings. The van der Waals surface area contributed by atoms with Crippen molar-refractivity contribution in [1.29, 1.82) is 0 Å². The van der Waals surface area contributed by atoms with Crippen LogP contribution < -0.4 is 22.2 Å². The van der Waals surface area contributed by atoms with E-state index in [0.29, 0.717) is 0 Å². The fourth-order valence-corrected chi connectivity index (χ4v) is 3.72. The zero-order valence-corrected chi connectivity index (χ0v) is 17.0. The predicted molar refractivity (Wildman–Crippen MR) is 109 cm³/mol. The van der Waals surface area contributed by atoms with E-state index in [1.165, 1.54) is 0 Å². The molecular formula is C18H18N4O10. The molecule has 0 aliphatic carbocycles. The average Bonchev–Trinajstić information content (AvgIpc) is 3.13. The van der Waals surface area contributed by atoms with Crippen molar-refractivity contribution in [3.8, 4) is 0 Å². The summed E-state index contributed by atoms with van der Waals surface area (Å²) in [6.45, 7) is 2.19. The summed E-state index contributed by atoms with van der Waals surface area (Å²) >= 11 is 0. The lowest BCUT2D eigenvalue weighted by Gasteiger charge is -2.13. The lowest BCUT2D eigenvalue weighted by atomic mass is 10.1. The van der Waals surface area contributed by atoms with Gasteiger partial charge in [-0.3, -0.25) is 28.3 Å². The fraction of sp³-hybridized carbons (Fsp3) is 0.444. The second-order valence-electron chi connectivity index (χ2n) is 7.07. The molecule has 14 heteroatoms. The molecule has 170 valence electrons. The molecule has 0 radical (unpaired) electrons. The monoisotopic (exact) mass is 450 g/mol. The highest BCUT2D eigenvalue weighted by Crippen LogP contribution is 2.19. The summed E-state index contributed by atoms with van der Waals surface area (Å²) in [5.41, 5.74) is -3.08. The minimum absolute atomic E-state index is 0.120. The Hall–Kier alpha value is -4.10. The summed E-state index contributed by atoms with van der Waals surface area (Å²) in [5, 5.41) is 18.4. The van der Waals surface area contributed by atoms with Gasteiger partial charge in [-0.15, -0.1) is 20.2 Å². The first-order valence-electron chi connectivity index (χ1n) is 9.60. The molecule has 0 fully saturated rings. The van der Waals surface area contributed by atoms with Crippen LogP contribution in [0, 0.1) is 20.2 Å². The van der Waals surface area contributed by atoms with Crippen molar-refractivity contribution < 1.29 is 19.8 Å².